The van der Waals surface area contributed by atoms with Crippen molar-refractivity contribution in [1.29, 1.82) is 0 Å². The predicted molar refractivity (Wildman–Crippen MR) is 44.0 cm³/mol. The average Bonchev–Trinajstić information content (AvgIpc) is 1.96. The fourth-order valence-electron chi connectivity index (χ4n) is 0.900. The third-order valence-electron chi connectivity index (χ3n) is 1.48. The third-order valence-corrected chi connectivity index (χ3v) is 1.48. The van der Waals surface area contributed by atoms with Gasteiger partial charge in [0.15, 0.2) is 0 Å². The molecule has 0 saturated heterocycles. The normalized spacial score (nSPS) is 21.9. The number of allylic oxidation sites excluding steroid dienone is 2. The Bertz CT molecular complexity index is 281. The lowest BCUT2D eigenvalue weighted by Gasteiger charge is -2.16. The van der Waals surface area contributed by atoms with Crippen LogP contribution in [0, 0.1) is 0 Å². The Morgan fingerprint density at radius 2 is 2.33 bits per heavy atom. The highest BCUT2D eigenvalue weighted by molar-refractivity contribution is 5.73. The minimum absolute atomic E-state index is 0.402. The van der Waals surface area contributed by atoms with E-state index in [4.69, 9.17) is 5.73 Å². The van der Waals surface area contributed by atoms with E-state index in [0.29, 0.717) is 5.57 Å². The van der Waals surface area contributed by atoms with Crippen LogP contribution in [0.1, 0.15) is 0 Å². The minimum Gasteiger partial charge on any atom is -0.352 e. The molecule has 2 amide bonds. The number of nitrogens with one attached hydrogen (secondary N) is 1. The molecule has 0 bridgehead atoms. The van der Waals surface area contributed by atoms with Gasteiger partial charge < -0.3 is 11.1 Å². The zero-order valence-electron chi connectivity index (χ0n) is 6.38. The Morgan fingerprint density at radius 1 is 1.67 bits per heavy atom. The second-order valence-corrected chi connectivity index (χ2v) is 2.45. The van der Waals surface area contributed by atoms with Gasteiger partial charge >= 0.3 is 6.03 Å². The molecule has 0 heterocycles. The van der Waals surface area contributed by atoms with Gasteiger partial charge in [-0.05, 0) is 17.7 Å². The number of hydrogen-bond acceptors (Lipinski definition) is 1. The van der Waals surface area contributed by atoms with E-state index in [9.17, 15) is 9.18 Å². The summed E-state index contributed by atoms with van der Waals surface area (Å²) in [5, 5.41) is 2.33. The highest BCUT2D eigenvalue weighted by atomic mass is 19.1. The molecule has 1 atom stereocenters. The summed E-state index contributed by atoms with van der Waals surface area (Å²) in [4.78, 5) is 10.4. The molecule has 0 radical (unpaired) electrons. The van der Waals surface area contributed by atoms with Crippen LogP contribution in [0.25, 0.3) is 0 Å². The number of rotatable bonds is 1. The summed E-state index contributed by atoms with van der Waals surface area (Å²) < 4.78 is 12.6. The molecule has 3 nitrogen and oxygen atoms in total. The van der Waals surface area contributed by atoms with Crippen LogP contribution >= 0.6 is 0 Å². The molecule has 0 spiro atoms. The first-order valence-electron chi connectivity index (χ1n) is 3.40. The number of halogens is 1. The Kier molecular flexibility index (Phi) is 2.28. The van der Waals surface area contributed by atoms with Gasteiger partial charge in [0.25, 0.3) is 0 Å². The summed E-state index contributed by atoms with van der Waals surface area (Å²) in [5.41, 5.74) is 5.47. The van der Waals surface area contributed by atoms with Crippen LogP contribution in [0.2, 0.25) is 0 Å². The molecule has 4 heteroatoms. The first-order chi connectivity index (χ1) is 5.59. The Morgan fingerprint density at radius 3 is 2.92 bits per heavy atom. The SMILES string of the molecule is C=C1C=CC(F)=CC1NC(N)=O. The van der Waals surface area contributed by atoms with E-state index in [1.807, 2.05) is 0 Å². The highest BCUT2D eigenvalue weighted by Gasteiger charge is 2.13. The zero-order valence-corrected chi connectivity index (χ0v) is 6.38. The van der Waals surface area contributed by atoms with Crippen molar-refractivity contribution in [2.75, 3.05) is 0 Å². The molecule has 64 valence electrons. The Balaban J connectivity index is 2.71. The van der Waals surface area contributed by atoms with Crippen LogP contribution in [0.3, 0.4) is 0 Å². The maximum absolute atomic E-state index is 12.6. The van der Waals surface area contributed by atoms with E-state index < -0.39 is 17.9 Å². The van der Waals surface area contributed by atoms with E-state index in [1.165, 1.54) is 18.2 Å². The van der Waals surface area contributed by atoms with E-state index in [0.717, 1.165) is 0 Å². The number of amides is 2. The average molecular weight is 168 g/mol. The van der Waals surface area contributed by atoms with Crippen molar-refractivity contribution in [3.05, 3.63) is 36.2 Å². The van der Waals surface area contributed by atoms with E-state index in [-0.39, 0.29) is 0 Å². The maximum atomic E-state index is 12.6. The molecule has 1 unspecified atom stereocenters. The molecule has 0 aromatic heterocycles. The van der Waals surface area contributed by atoms with Crippen molar-refractivity contribution >= 4 is 6.03 Å². The number of carbonyl (C=O) groups excluding carboxylic acids is 1. The van der Waals surface area contributed by atoms with Crippen LogP contribution in [-0.4, -0.2) is 12.1 Å². The number of primary amides is 1. The van der Waals surface area contributed by atoms with Crippen molar-refractivity contribution < 1.29 is 9.18 Å². The Hall–Kier alpha value is -1.58. The van der Waals surface area contributed by atoms with Gasteiger partial charge in [0.2, 0.25) is 0 Å². The topological polar surface area (TPSA) is 55.1 Å². The monoisotopic (exact) mass is 168 g/mol. The quantitative estimate of drug-likeness (QED) is 0.603. The first-order valence-corrected chi connectivity index (χ1v) is 3.40. The molecule has 1 aliphatic carbocycles. The van der Waals surface area contributed by atoms with Gasteiger partial charge in [-0.25, -0.2) is 9.18 Å². The molecule has 0 aromatic rings. The molecule has 12 heavy (non-hydrogen) atoms. The fourth-order valence-corrected chi connectivity index (χ4v) is 0.900. The lowest BCUT2D eigenvalue weighted by molar-refractivity contribution is 0.248. The van der Waals surface area contributed by atoms with Crippen molar-refractivity contribution in [3.8, 4) is 0 Å². The predicted octanol–water partition coefficient (Wildman–Crippen LogP) is 1.00. The second kappa shape index (κ2) is 3.21. The van der Waals surface area contributed by atoms with Crippen molar-refractivity contribution in [3.63, 3.8) is 0 Å². The highest BCUT2D eigenvalue weighted by Crippen LogP contribution is 2.14. The Labute approximate surface area is 69.4 Å². The van der Waals surface area contributed by atoms with Gasteiger partial charge in [-0.1, -0.05) is 12.7 Å². The van der Waals surface area contributed by atoms with Crippen LogP contribution < -0.4 is 11.1 Å². The summed E-state index contributed by atoms with van der Waals surface area (Å²) >= 11 is 0. The zero-order chi connectivity index (χ0) is 9.14. The van der Waals surface area contributed by atoms with Crippen LogP contribution in [-0.2, 0) is 0 Å². The van der Waals surface area contributed by atoms with Crippen LogP contribution in [0.15, 0.2) is 36.2 Å². The van der Waals surface area contributed by atoms with E-state index >= 15 is 0 Å². The molecular weight excluding hydrogens is 159 g/mol. The summed E-state index contributed by atoms with van der Waals surface area (Å²) in [6.07, 6.45) is 4.02. The van der Waals surface area contributed by atoms with Crippen LogP contribution in [0.4, 0.5) is 9.18 Å². The van der Waals surface area contributed by atoms with Crippen LogP contribution in [0.5, 0.6) is 0 Å². The maximum Gasteiger partial charge on any atom is 0.312 e. The second-order valence-electron chi connectivity index (χ2n) is 2.45. The molecule has 0 aromatic carbocycles. The van der Waals surface area contributed by atoms with Gasteiger partial charge in [-0.2, -0.15) is 0 Å². The van der Waals surface area contributed by atoms with Crippen molar-refractivity contribution in [2.45, 2.75) is 6.04 Å². The van der Waals surface area contributed by atoms with Gasteiger partial charge in [-0.15, -0.1) is 0 Å². The smallest absolute Gasteiger partial charge is 0.312 e. The lowest BCUT2D eigenvalue weighted by atomic mass is 10.0. The summed E-state index contributed by atoms with van der Waals surface area (Å²) in [6, 6.07) is -1.21. The standard InChI is InChI=1S/C8H9FN2O/c1-5-2-3-6(9)4-7(5)11-8(10)12/h2-4,7H,1H2,(H3,10,11,12). The van der Waals surface area contributed by atoms with Gasteiger partial charge in [0.1, 0.15) is 5.83 Å². The van der Waals surface area contributed by atoms with E-state index in [1.54, 1.807) is 0 Å². The van der Waals surface area contributed by atoms with E-state index in [2.05, 4.69) is 11.9 Å². The number of carbonyl (C=O) groups is 1. The molecule has 3 N–H and O–H groups in total. The largest absolute Gasteiger partial charge is 0.352 e. The fraction of sp³-hybridized carbons (Fsp3) is 0.125. The molecule has 0 aliphatic heterocycles. The number of urea groups is 1. The number of hydrogen-bond donors (Lipinski definition) is 2. The summed E-state index contributed by atoms with van der Waals surface area (Å²) in [7, 11) is 0. The van der Waals surface area contributed by atoms with Gasteiger partial charge in [0.05, 0.1) is 6.04 Å². The number of nitrogens with two attached hydrogens (primary N) is 1. The van der Waals surface area contributed by atoms with Gasteiger partial charge in [0, 0.05) is 0 Å². The summed E-state index contributed by atoms with van der Waals surface area (Å²) in [6.45, 7) is 3.61. The summed E-state index contributed by atoms with van der Waals surface area (Å²) in [5.74, 6) is -0.402. The van der Waals surface area contributed by atoms with Crippen molar-refractivity contribution in [1.82, 2.24) is 5.32 Å². The third kappa shape index (κ3) is 1.95. The lowest BCUT2D eigenvalue weighted by Crippen LogP contribution is -2.38. The molecule has 0 saturated carbocycles. The first kappa shape index (κ1) is 8.52. The molecule has 1 rings (SSSR count). The van der Waals surface area contributed by atoms with Gasteiger partial charge in [-0.3, -0.25) is 0 Å². The molecular formula is C8H9FN2O. The van der Waals surface area contributed by atoms with Crippen molar-refractivity contribution in [2.24, 2.45) is 5.73 Å². The minimum atomic E-state index is -0.694. The molecule has 0 fully saturated rings. The molecule has 1 aliphatic rings.